The van der Waals surface area contributed by atoms with Crippen LogP contribution in [0.1, 0.15) is 15.9 Å². The van der Waals surface area contributed by atoms with Gasteiger partial charge in [-0.25, -0.2) is 0 Å². The van der Waals surface area contributed by atoms with Crippen molar-refractivity contribution in [1.29, 1.82) is 0 Å². The van der Waals surface area contributed by atoms with Crippen LogP contribution in [0, 0.1) is 6.92 Å². The molecule has 2 aromatic rings. The van der Waals surface area contributed by atoms with Crippen LogP contribution in [0.5, 0.6) is 0 Å². The highest BCUT2D eigenvalue weighted by Crippen LogP contribution is 2.05. The molecule has 82 valence electrons. The maximum absolute atomic E-state index is 10.5. The van der Waals surface area contributed by atoms with Crippen LogP contribution in [0.2, 0.25) is 0 Å². The van der Waals surface area contributed by atoms with Crippen molar-refractivity contribution >= 4 is 16.8 Å². The summed E-state index contributed by atoms with van der Waals surface area (Å²) >= 11 is 5.22. The maximum Gasteiger partial charge on any atom is 0.252 e. The summed E-state index contributed by atoms with van der Waals surface area (Å²) < 4.78 is 0. The van der Waals surface area contributed by atoms with E-state index < -0.39 is 5.24 Å². The number of nitrogens with zero attached hydrogens (tertiary/aromatic N) is 1. The van der Waals surface area contributed by atoms with Gasteiger partial charge in [0.2, 0.25) is 0 Å². The lowest BCUT2D eigenvalue weighted by molar-refractivity contribution is 0.108. The normalized spacial score (nSPS) is 8.88. The summed E-state index contributed by atoms with van der Waals surface area (Å²) in [5.41, 5.74) is 1.67. The SMILES string of the molecule is Cc1ccc(C(=O)Cl)cc1.c1ccncc1. The number of aromatic nitrogens is 1. The second-order valence-corrected chi connectivity index (χ2v) is 3.51. The Morgan fingerprint density at radius 1 is 1.06 bits per heavy atom. The summed E-state index contributed by atoms with van der Waals surface area (Å²) in [6.45, 7) is 1.96. The maximum atomic E-state index is 10.5. The zero-order chi connectivity index (χ0) is 11.8. The van der Waals surface area contributed by atoms with E-state index in [2.05, 4.69) is 4.98 Å². The molecule has 1 heterocycles. The average molecular weight is 234 g/mol. The number of rotatable bonds is 1. The van der Waals surface area contributed by atoms with Crippen LogP contribution in [0.15, 0.2) is 54.9 Å². The van der Waals surface area contributed by atoms with Crippen LogP contribution in [-0.4, -0.2) is 10.2 Å². The first kappa shape index (κ1) is 12.4. The molecule has 0 fully saturated rings. The molecule has 1 aromatic heterocycles. The molecular formula is C13H12ClNO. The molecule has 2 nitrogen and oxygen atoms in total. The summed E-state index contributed by atoms with van der Waals surface area (Å²) in [6.07, 6.45) is 3.50. The van der Waals surface area contributed by atoms with Gasteiger partial charge in [0.15, 0.2) is 0 Å². The van der Waals surface area contributed by atoms with Gasteiger partial charge < -0.3 is 0 Å². The lowest BCUT2D eigenvalue weighted by atomic mass is 10.2. The molecule has 0 N–H and O–H groups in total. The molecule has 0 spiro atoms. The standard InChI is InChI=1S/C8H7ClO.C5H5N/c1-6-2-4-7(5-3-6)8(9)10;1-2-4-6-5-3-1/h2-5H,1H3;1-5H. The molecule has 0 atom stereocenters. The highest BCUT2D eigenvalue weighted by atomic mass is 35.5. The first-order valence-corrected chi connectivity index (χ1v) is 5.19. The number of carbonyl (C=O) groups excluding carboxylic acids is 1. The zero-order valence-electron chi connectivity index (χ0n) is 8.93. The number of aryl methyl sites for hydroxylation is 1. The predicted octanol–water partition coefficient (Wildman–Crippen LogP) is 3.46. The molecule has 0 aliphatic rings. The van der Waals surface area contributed by atoms with Crippen LogP contribution in [0.25, 0.3) is 0 Å². The summed E-state index contributed by atoms with van der Waals surface area (Å²) in [4.78, 5) is 14.3. The van der Waals surface area contributed by atoms with Crippen LogP contribution in [0.3, 0.4) is 0 Å². The van der Waals surface area contributed by atoms with Crippen molar-refractivity contribution in [3.63, 3.8) is 0 Å². The van der Waals surface area contributed by atoms with Crippen molar-refractivity contribution in [3.8, 4) is 0 Å². The van der Waals surface area contributed by atoms with Gasteiger partial charge in [-0.2, -0.15) is 0 Å². The number of benzene rings is 1. The third-order valence-electron chi connectivity index (χ3n) is 1.85. The van der Waals surface area contributed by atoms with E-state index in [9.17, 15) is 4.79 Å². The minimum absolute atomic E-state index is 0.403. The summed E-state index contributed by atoms with van der Waals surface area (Å²) in [5, 5.41) is -0.403. The van der Waals surface area contributed by atoms with Gasteiger partial charge in [0.25, 0.3) is 5.24 Å². The molecule has 0 bridgehead atoms. The monoisotopic (exact) mass is 233 g/mol. The Hall–Kier alpha value is -1.67. The molecule has 0 aliphatic heterocycles. The van der Waals surface area contributed by atoms with Crippen LogP contribution >= 0.6 is 11.6 Å². The first-order chi connectivity index (χ1) is 7.70. The fourth-order valence-electron chi connectivity index (χ4n) is 0.997. The van der Waals surface area contributed by atoms with E-state index in [-0.39, 0.29) is 0 Å². The van der Waals surface area contributed by atoms with Crippen molar-refractivity contribution in [2.24, 2.45) is 0 Å². The van der Waals surface area contributed by atoms with Gasteiger partial charge in [-0.05, 0) is 42.8 Å². The van der Waals surface area contributed by atoms with Gasteiger partial charge in [-0.3, -0.25) is 9.78 Å². The van der Waals surface area contributed by atoms with Gasteiger partial charge >= 0.3 is 0 Å². The first-order valence-electron chi connectivity index (χ1n) is 4.81. The van der Waals surface area contributed by atoms with E-state index in [1.807, 2.05) is 37.3 Å². The predicted molar refractivity (Wildman–Crippen MR) is 65.6 cm³/mol. The molecule has 0 amide bonds. The fourth-order valence-corrected chi connectivity index (χ4v) is 1.12. The largest absolute Gasteiger partial charge is 0.276 e. The fraction of sp³-hybridized carbons (Fsp3) is 0.0769. The number of halogens is 1. The van der Waals surface area contributed by atoms with E-state index in [1.54, 1.807) is 24.5 Å². The van der Waals surface area contributed by atoms with Crippen molar-refractivity contribution in [3.05, 3.63) is 66.0 Å². The van der Waals surface area contributed by atoms with Crippen LogP contribution in [-0.2, 0) is 0 Å². The summed E-state index contributed by atoms with van der Waals surface area (Å²) in [7, 11) is 0. The van der Waals surface area contributed by atoms with Gasteiger partial charge in [-0.15, -0.1) is 0 Å². The molecule has 0 saturated carbocycles. The quantitative estimate of drug-likeness (QED) is 0.706. The zero-order valence-corrected chi connectivity index (χ0v) is 9.69. The smallest absolute Gasteiger partial charge is 0.252 e. The van der Waals surface area contributed by atoms with Crippen LogP contribution < -0.4 is 0 Å². The second kappa shape index (κ2) is 6.75. The van der Waals surface area contributed by atoms with Gasteiger partial charge in [0, 0.05) is 18.0 Å². The average Bonchev–Trinajstić information content (AvgIpc) is 2.32. The van der Waals surface area contributed by atoms with Gasteiger partial charge in [-0.1, -0.05) is 23.8 Å². The molecule has 1 aromatic carbocycles. The summed E-state index contributed by atoms with van der Waals surface area (Å²) in [5.74, 6) is 0. The van der Waals surface area contributed by atoms with E-state index in [4.69, 9.17) is 11.6 Å². The lowest BCUT2D eigenvalue weighted by Gasteiger charge is -1.92. The second-order valence-electron chi connectivity index (χ2n) is 3.16. The molecule has 0 unspecified atom stereocenters. The molecular weight excluding hydrogens is 222 g/mol. The minimum Gasteiger partial charge on any atom is -0.276 e. The number of pyridine rings is 1. The highest BCUT2D eigenvalue weighted by Gasteiger charge is 1.97. The van der Waals surface area contributed by atoms with Crippen molar-refractivity contribution in [1.82, 2.24) is 4.98 Å². The Balaban J connectivity index is 0.000000181. The van der Waals surface area contributed by atoms with E-state index in [0.29, 0.717) is 5.56 Å². The third kappa shape index (κ3) is 4.71. The summed E-state index contributed by atoms with van der Waals surface area (Å²) in [6, 6.07) is 12.9. The van der Waals surface area contributed by atoms with Gasteiger partial charge in [0.05, 0.1) is 0 Å². The van der Waals surface area contributed by atoms with Gasteiger partial charge in [0.1, 0.15) is 0 Å². The Labute approximate surface area is 99.9 Å². The number of hydrogen-bond donors (Lipinski definition) is 0. The molecule has 0 radical (unpaired) electrons. The molecule has 3 heteroatoms. The Kier molecular flexibility index (Phi) is 5.23. The van der Waals surface area contributed by atoms with Crippen molar-refractivity contribution in [2.45, 2.75) is 6.92 Å². The Bertz CT molecular complexity index is 399. The molecule has 0 aliphatic carbocycles. The molecule has 2 rings (SSSR count). The highest BCUT2D eigenvalue weighted by molar-refractivity contribution is 6.67. The van der Waals surface area contributed by atoms with Crippen LogP contribution in [0.4, 0.5) is 0 Å². The third-order valence-corrected chi connectivity index (χ3v) is 2.06. The lowest BCUT2D eigenvalue weighted by Crippen LogP contribution is -1.86. The van der Waals surface area contributed by atoms with E-state index in [0.717, 1.165) is 5.56 Å². The van der Waals surface area contributed by atoms with E-state index >= 15 is 0 Å². The number of carbonyl (C=O) groups is 1. The molecule has 0 saturated heterocycles. The van der Waals surface area contributed by atoms with E-state index in [1.165, 1.54) is 0 Å². The minimum atomic E-state index is -0.403. The van der Waals surface area contributed by atoms with Crippen molar-refractivity contribution in [2.75, 3.05) is 0 Å². The Morgan fingerprint density at radius 2 is 1.62 bits per heavy atom. The van der Waals surface area contributed by atoms with Crippen molar-refractivity contribution < 1.29 is 4.79 Å². The topological polar surface area (TPSA) is 30.0 Å². The Morgan fingerprint density at radius 3 is 1.94 bits per heavy atom. The molecule has 16 heavy (non-hydrogen) atoms. The number of hydrogen-bond acceptors (Lipinski definition) is 2.